The van der Waals surface area contributed by atoms with Gasteiger partial charge in [0, 0.05) is 43.8 Å². The summed E-state index contributed by atoms with van der Waals surface area (Å²) in [4.78, 5) is 22.6. The topological polar surface area (TPSA) is 83.0 Å². The lowest BCUT2D eigenvalue weighted by molar-refractivity contribution is 0.0586. The van der Waals surface area contributed by atoms with E-state index in [1.165, 1.54) is 7.11 Å². The molecule has 2 aliphatic heterocycles. The number of benzene rings is 1. The number of methoxy groups -OCH3 is 1. The molecule has 1 aromatic carbocycles. The van der Waals surface area contributed by atoms with Crippen LogP contribution in [0.5, 0.6) is 23.4 Å². The zero-order chi connectivity index (χ0) is 17.9. The highest BCUT2D eigenvalue weighted by molar-refractivity contribution is 5.95. The first-order valence-corrected chi connectivity index (χ1v) is 8.45. The fourth-order valence-electron chi connectivity index (χ4n) is 3.05. The lowest BCUT2D eigenvalue weighted by atomic mass is 10.1. The summed E-state index contributed by atoms with van der Waals surface area (Å²) in [5, 5.41) is 0. The van der Waals surface area contributed by atoms with Gasteiger partial charge in [0.05, 0.1) is 7.11 Å². The maximum Gasteiger partial charge on any atom is 0.319 e. The minimum atomic E-state index is -0.00884. The van der Waals surface area contributed by atoms with Crippen LogP contribution in [-0.4, -0.2) is 53.9 Å². The van der Waals surface area contributed by atoms with Crippen LogP contribution in [0.1, 0.15) is 23.2 Å². The van der Waals surface area contributed by atoms with Crippen molar-refractivity contribution in [2.45, 2.75) is 18.9 Å². The van der Waals surface area contributed by atoms with Crippen LogP contribution in [0.15, 0.2) is 30.5 Å². The third-order valence-electron chi connectivity index (χ3n) is 4.43. The predicted octanol–water partition coefficient (Wildman–Crippen LogP) is 1.90. The van der Waals surface area contributed by atoms with Gasteiger partial charge < -0.3 is 23.8 Å². The average molecular weight is 357 g/mol. The van der Waals surface area contributed by atoms with E-state index in [0.717, 1.165) is 12.8 Å². The molecule has 136 valence electrons. The van der Waals surface area contributed by atoms with Crippen molar-refractivity contribution in [1.82, 2.24) is 14.9 Å². The molecule has 8 heteroatoms. The molecule has 2 aliphatic rings. The number of hydrogen-bond donors (Lipinski definition) is 0. The van der Waals surface area contributed by atoms with Gasteiger partial charge in [-0.05, 0) is 18.2 Å². The number of hydrogen-bond acceptors (Lipinski definition) is 7. The summed E-state index contributed by atoms with van der Waals surface area (Å²) in [6.45, 7) is 1.45. The SMILES string of the molecule is COc1nccc(OC2CCN(C(=O)c3ccc4c(c3)OCO4)CC2)n1. The molecule has 0 N–H and O–H groups in total. The molecule has 0 radical (unpaired) electrons. The van der Waals surface area contributed by atoms with Gasteiger partial charge in [-0.2, -0.15) is 4.98 Å². The Hall–Kier alpha value is -3.03. The van der Waals surface area contributed by atoms with Gasteiger partial charge in [-0.3, -0.25) is 4.79 Å². The zero-order valence-electron chi connectivity index (χ0n) is 14.4. The van der Waals surface area contributed by atoms with Crippen molar-refractivity contribution in [3.05, 3.63) is 36.0 Å². The molecule has 3 heterocycles. The van der Waals surface area contributed by atoms with Gasteiger partial charge in [-0.25, -0.2) is 4.98 Å². The zero-order valence-corrected chi connectivity index (χ0v) is 14.4. The van der Waals surface area contributed by atoms with Crippen molar-refractivity contribution >= 4 is 5.91 Å². The smallest absolute Gasteiger partial charge is 0.319 e. The normalized spacial score (nSPS) is 16.4. The molecule has 4 rings (SSSR count). The molecule has 1 amide bonds. The molecule has 0 aliphatic carbocycles. The molecule has 1 fully saturated rings. The summed E-state index contributed by atoms with van der Waals surface area (Å²) in [5.74, 6) is 1.77. The molecular weight excluding hydrogens is 338 g/mol. The van der Waals surface area contributed by atoms with Crippen LogP contribution in [0.2, 0.25) is 0 Å². The lowest BCUT2D eigenvalue weighted by Gasteiger charge is -2.32. The number of carbonyl (C=O) groups is 1. The van der Waals surface area contributed by atoms with Crippen molar-refractivity contribution in [1.29, 1.82) is 0 Å². The van der Waals surface area contributed by atoms with Crippen molar-refractivity contribution in [2.24, 2.45) is 0 Å². The number of ether oxygens (including phenoxy) is 4. The summed E-state index contributed by atoms with van der Waals surface area (Å²) in [6.07, 6.45) is 3.08. The van der Waals surface area contributed by atoms with Crippen molar-refractivity contribution in [3.8, 4) is 23.4 Å². The number of nitrogens with zero attached hydrogens (tertiary/aromatic N) is 3. The highest BCUT2D eigenvalue weighted by Gasteiger charge is 2.26. The number of piperidine rings is 1. The van der Waals surface area contributed by atoms with Crippen molar-refractivity contribution in [3.63, 3.8) is 0 Å². The fourth-order valence-corrected chi connectivity index (χ4v) is 3.05. The predicted molar refractivity (Wildman–Crippen MR) is 90.7 cm³/mol. The van der Waals surface area contributed by atoms with E-state index in [2.05, 4.69) is 9.97 Å². The second-order valence-electron chi connectivity index (χ2n) is 6.06. The highest BCUT2D eigenvalue weighted by atomic mass is 16.7. The largest absolute Gasteiger partial charge is 0.474 e. The molecule has 0 unspecified atom stereocenters. The molecule has 0 saturated carbocycles. The van der Waals surface area contributed by atoms with E-state index < -0.39 is 0 Å². The van der Waals surface area contributed by atoms with Crippen LogP contribution < -0.4 is 18.9 Å². The van der Waals surface area contributed by atoms with E-state index >= 15 is 0 Å². The fraction of sp³-hybridized carbons (Fsp3) is 0.389. The van der Waals surface area contributed by atoms with Crippen LogP contribution >= 0.6 is 0 Å². The minimum absolute atomic E-state index is 0.00884. The first kappa shape index (κ1) is 16.4. The Morgan fingerprint density at radius 1 is 1.19 bits per heavy atom. The van der Waals surface area contributed by atoms with E-state index in [9.17, 15) is 4.79 Å². The summed E-state index contributed by atoms with van der Waals surface area (Å²) in [7, 11) is 1.51. The first-order chi connectivity index (χ1) is 12.7. The monoisotopic (exact) mass is 357 g/mol. The highest BCUT2D eigenvalue weighted by Crippen LogP contribution is 2.33. The van der Waals surface area contributed by atoms with Gasteiger partial charge in [0.1, 0.15) is 6.10 Å². The van der Waals surface area contributed by atoms with Crippen molar-refractivity contribution < 1.29 is 23.7 Å². The Labute approximate surface area is 150 Å². The quantitative estimate of drug-likeness (QED) is 0.826. The molecule has 0 atom stereocenters. The molecule has 26 heavy (non-hydrogen) atoms. The maximum absolute atomic E-state index is 12.7. The Bertz CT molecular complexity index is 805. The Morgan fingerprint density at radius 3 is 2.81 bits per heavy atom. The molecule has 1 aromatic heterocycles. The van der Waals surface area contributed by atoms with Crippen LogP contribution in [0.25, 0.3) is 0 Å². The van der Waals surface area contributed by atoms with Gasteiger partial charge >= 0.3 is 6.01 Å². The van der Waals surface area contributed by atoms with Gasteiger partial charge in [-0.15, -0.1) is 0 Å². The number of likely N-dealkylation sites (tertiary alicyclic amines) is 1. The number of amides is 1. The third-order valence-corrected chi connectivity index (χ3v) is 4.43. The number of carbonyl (C=O) groups excluding carboxylic acids is 1. The van der Waals surface area contributed by atoms with Crippen molar-refractivity contribution in [2.75, 3.05) is 27.0 Å². The second-order valence-corrected chi connectivity index (χ2v) is 6.06. The number of aromatic nitrogens is 2. The maximum atomic E-state index is 12.7. The lowest BCUT2D eigenvalue weighted by Crippen LogP contribution is -2.41. The van der Waals surface area contributed by atoms with E-state index in [1.54, 1.807) is 30.5 Å². The molecule has 0 bridgehead atoms. The second kappa shape index (κ2) is 7.07. The standard InChI is InChI=1S/C18H19N3O5/c1-23-18-19-7-4-16(20-18)26-13-5-8-21(9-6-13)17(22)12-2-3-14-15(10-12)25-11-24-14/h2-4,7,10,13H,5-6,8-9,11H2,1H3. The van der Waals surface area contributed by atoms with Crippen LogP contribution in [0, 0.1) is 0 Å². The average Bonchev–Trinajstić information content (AvgIpc) is 3.16. The van der Waals surface area contributed by atoms with Gasteiger partial charge in [0.15, 0.2) is 11.5 Å². The molecular formula is C18H19N3O5. The summed E-state index contributed by atoms with van der Waals surface area (Å²) >= 11 is 0. The molecule has 8 nitrogen and oxygen atoms in total. The molecule has 0 spiro atoms. The number of rotatable bonds is 4. The summed E-state index contributed by atoms with van der Waals surface area (Å²) in [6, 6.07) is 7.25. The van der Waals surface area contributed by atoms with Crippen LogP contribution in [-0.2, 0) is 0 Å². The van der Waals surface area contributed by atoms with Crippen LogP contribution in [0.4, 0.5) is 0 Å². The van der Waals surface area contributed by atoms with E-state index in [4.69, 9.17) is 18.9 Å². The third kappa shape index (κ3) is 3.35. The number of fused-ring (bicyclic) bond motifs is 1. The van der Waals surface area contributed by atoms with Gasteiger partial charge in [0.2, 0.25) is 12.7 Å². The van der Waals surface area contributed by atoms with Crippen LogP contribution in [0.3, 0.4) is 0 Å². The molecule has 2 aromatic rings. The van der Waals surface area contributed by atoms with Gasteiger partial charge in [0.25, 0.3) is 5.91 Å². The Kier molecular flexibility index (Phi) is 4.47. The first-order valence-electron chi connectivity index (χ1n) is 8.45. The van der Waals surface area contributed by atoms with E-state index in [1.807, 2.05) is 4.90 Å². The Morgan fingerprint density at radius 2 is 2.00 bits per heavy atom. The van der Waals surface area contributed by atoms with Gasteiger partial charge in [-0.1, -0.05) is 0 Å². The summed E-state index contributed by atoms with van der Waals surface area (Å²) < 4.78 is 21.5. The Balaban J connectivity index is 1.35. The molecule has 1 saturated heterocycles. The minimum Gasteiger partial charge on any atom is -0.474 e. The summed E-state index contributed by atoms with van der Waals surface area (Å²) in [5.41, 5.74) is 0.606. The van der Waals surface area contributed by atoms with E-state index in [-0.39, 0.29) is 24.8 Å². The van der Waals surface area contributed by atoms with E-state index in [0.29, 0.717) is 36.0 Å².